The average Bonchev–Trinajstić information content (AvgIpc) is 3.36. The highest BCUT2D eigenvalue weighted by Crippen LogP contribution is 2.31. The van der Waals surface area contributed by atoms with E-state index in [1.165, 1.54) is 11.3 Å². The molecule has 1 saturated heterocycles. The summed E-state index contributed by atoms with van der Waals surface area (Å²) in [6.45, 7) is 4.49. The quantitative estimate of drug-likeness (QED) is 0.840. The van der Waals surface area contributed by atoms with Gasteiger partial charge in [0, 0.05) is 12.6 Å². The predicted octanol–water partition coefficient (Wildman–Crippen LogP) is 3.55. The molecular formula is C19H28N2O3S. The second kappa shape index (κ2) is 7.87. The highest BCUT2D eigenvalue weighted by Gasteiger charge is 2.46. The number of thiophene rings is 1. The van der Waals surface area contributed by atoms with Crippen LogP contribution in [-0.4, -0.2) is 41.1 Å². The number of rotatable bonds is 6. The molecule has 3 rings (SSSR count). The van der Waals surface area contributed by atoms with Crippen molar-refractivity contribution >= 4 is 23.2 Å². The molecule has 6 heteroatoms. The molecule has 2 amide bonds. The highest BCUT2D eigenvalue weighted by atomic mass is 32.1. The van der Waals surface area contributed by atoms with Crippen LogP contribution in [-0.2, 0) is 9.53 Å². The first-order valence-electron chi connectivity index (χ1n) is 9.36. The topological polar surface area (TPSA) is 58.6 Å². The largest absolute Gasteiger partial charge is 0.358 e. The van der Waals surface area contributed by atoms with Crippen molar-refractivity contribution in [2.45, 2.75) is 76.6 Å². The molecule has 1 aliphatic heterocycles. The van der Waals surface area contributed by atoms with Crippen molar-refractivity contribution in [3.8, 4) is 0 Å². The Morgan fingerprint density at radius 2 is 2.08 bits per heavy atom. The molecule has 0 bridgehead atoms. The molecule has 5 nitrogen and oxygen atoms in total. The lowest BCUT2D eigenvalue weighted by molar-refractivity contribution is -0.139. The van der Waals surface area contributed by atoms with Crippen LogP contribution in [0.15, 0.2) is 17.5 Å². The molecule has 2 atom stereocenters. The number of amides is 2. The Kier molecular flexibility index (Phi) is 5.79. The first-order valence-corrected chi connectivity index (χ1v) is 10.2. The minimum atomic E-state index is -0.904. The zero-order valence-corrected chi connectivity index (χ0v) is 15.9. The third kappa shape index (κ3) is 3.75. The van der Waals surface area contributed by atoms with E-state index in [-0.39, 0.29) is 24.1 Å². The molecule has 2 fully saturated rings. The fraction of sp³-hybridized carbons (Fsp3) is 0.684. The van der Waals surface area contributed by atoms with E-state index in [4.69, 9.17) is 4.74 Å². The SMILES string of the molecule is CC[C@](C)(C(=O)NC1CCCC1)N(C(=O)c1cccs1)[C@H]1CCCO1. The van der Waals surface area contributed by atoms with E-state index >= 15 is 0 Å². The van der Waals surface area contributed by atoms with Crippen LogP contribution in [0.5, 0.6) is 0 Å². The van der Waals surface area contributed by atoms with Gasteiger partial charge in [0.15, 0.2) is 0 Å². The first-order chi connectivity index (χ1) is 12.1. The second-order valence-corrected chi connectivity index (χ2v) is 8.15. The minimum absolute atomic E-state index is 0.0534. The maximum atomic E-state index is 13.2. The molecule has 2 aliphatic rings. The van der Waals surface area contributed by atoms with Crippen LogP contribution in [0.2, 0.25) is 0 Å². The van der Waals surface area contributed by atoms with Gasteiger partial charge in [0.1, 0.15) is 11.8 Å². The maximum Gasteiger partial charge on any atom is 0.266 e. The minimum Gasteiger partial charge on any atom is -0.358 e. The standard InChI is InChI=1S/C19H28N2O3S/c1-3-19(2,18(23)20-14-8-4-5-9-14)21(16-11-6-12-24-16)17(22)15-10-7-13-25-15/h7,10,13-14,16H,3-6,8-9,11-12H2,1-2H3,(H,20,23)/t16-,19-/m1/s1. The Labute approximate surface area is 153 Å². The van der Waals surface area contributed by atoms with Crippen molar-refractivity contribution in [1.82, 2.24) is 10.2 Å². The molecule has 1 aromatic heterocycles. The van der Waals surface area contributed by atoms with Crippen LogP contribution in [0.4, 0.5) is 0 Å². The second-order valence-electron chi connectivity index (χ2n) is 7.20. The maximum absolute atomic E-state index is 13.2. The fourth-order valence-electron chi connectivity index (χ4n) is 3.81. The molecule has 1 aromatic rings. The first kappa shape index (κ1) is 18.4. The van der Waals surface area contributed by atoms with E-state index in [1.54, 1.807) is 4.90 Å². The number of carbonyl (C=O) groups is 2. The number of carbonyl (C=O) groups excluding carboxylic acids is 2. The predicted molar refractivity (Wildman–Crippen MR) is 98.6 cm³/mol. The van der Waals surface area contributed by atoms with Gasteiger partial charge in [0.25, 0.3) is 5.91 Å². The summed E-state index contributed by atoms with van der Waals surface area (Å²) in [5.74, 6) is -0.157. The lowest BCUT2D eigenvalue weighted by atomic mass is 9.93. The van der Waals surface area contributed by atoms with Crippen molar-refractivity contribution in [1.29, 1.82) is 0 Å². The van der Waals surface area contributed by atoms with E-state index in [1.807, 2.05) is 31.4 Å². The number of ether oxygens (including phenoxy) is 1. The summed E-state index contributed by atoms with van der Waals surface area (Å²) in [4.78, 5) is 28.7. The van der Waals surface area contributed by atoms with Gasteiger partial charge in [0.2, 0.25) is 5.91 Å². The van der Waals surface area contributed by atoms with Crippen molar-refractivity contribution in [3.63, 3.8) is 0 Å². The van der Waals surface area contributed by atoms with Gasteiger partial charge in [-0.1, -0.05) is 25.8 Å². The number of nitrogens with one attached hydrogen (secondary N) is 1. The van der Waals surface area contributed by atoms with Crippen LogP contribution in [0.3, 0.4) is 0 Å². The number of hydrogen-bond donors (Lipinski definition) is 1. The van der Waals surface area contributed by atoms with Crippen LogP contribution in [0, 0.1) is 0 Å². The Morgan fingerprint density at radius 3 is 2.64 bits per heavy atom. The molecule has 2 heterocycles. The molecule has 0 radical (unpaired) electrons. The van der Waals surface area contributed by atoms with Crippen LogP contribution in [0.25, 0.3) is 0 Å². The van der Waals surface area contributed by atoms with Crippen molar-refractivity contribution < 1.29 is 14.3 Å². The lowest BCUT2D eigenvalue weighted by Crippen LogP contribution is -2.62. The zero-order valence-electron chi connectivity index (χ0n) is 15.1. The Morgan fingerprint density at radius 1 is 1.32 bits per heavy atom. The molecule has 1 N–H and O–H groups in total. The molecule has 0 unspecified atom stereocenters. The van der Waals surface area contributed by atoms with Crippen LogP contribution in [0.1, 0.15) is 68.5 Å². The summed E-state index contributed by atoms with van der Waals surface area (Å²) in [7, 11) is 0. The third-order valence-electron chi connectivity index (χ3n) is 5.54. The van der Waals surface area contributed by atoms with Gasteiger partial charge in [-0.3, -0.25) is 14.5 Å². The van der Waals surface area contributed by atoms with Gasteiger partial charge in [-0.05, 0) is 50.5 Å². The van der Waals surface area contributed by atoms with Gasteiger partial charge in [-0.2, -0.15) is 0 Å². The van der Waals surface area contributed by atoms with Gasteiger partial charge >= 0.3 is 0 Å². The molecule has 0 spiro atoms. The van der Waals surface area contributed by atoms with E-state index in [2.05, 4.69) is 5.32 Å². The molecule has 1 aliphatic carbocycles. The summed E-state index contributed by atoms with van der Waals surface area (Å²) in [6, 6.07) is 3.93. The smallest absolute Gasteiger partial charge is 0.266 e. The monoisotopic (exact) mass is 364 g/mol. The Balaban J connectivity index is 1.87. The Hall–Kier alpha value is -1.40. The van der Waals surface area contributed by atoms with Gasteiger partial charge in [-0.25, -0.2) is 0 Å². The van der Waals surface area contributed by atoms with Gasteiger partial charge < -0.3 is 10.1 Å². The van der Waals surface area contributed by atoms with Crippen molar-refractivity contribution in [2.24, 2.45) is 0 Å². The van der Waals surface area contributed by atoms with E-state index in [0.29, 0.717) is 17.9 Å². The van der Waals surface area contributed by atoms with E-state index in [0.717, 1.165) is 38.5 Å². The normalized spacial score (nSPS) is 23.4. The van der Waals surface area contributed by atoms with Crippen LogP contribution >= 0.6 is 11.3 Å². The molecule has 25 heavy (non-hydrogen) atoms. The number of nitrogens with zero attached hydrogens (tertiary/aromatic N) is 1. The molecule has 1 saturated carbocycles. The van der Waals surface area contributed by atoms with Crippen molar-refractivity contribution in [2.75, 3.05) is 6.61 Å². The van der Waals surface area contributed by atoms with E-state index in [9.17, 15) is 9.59 Å². The van der Waals surface area contributed by atoms with E-state index < -0.39 is 5.54 Å². The fourth-order valence-corrected chi connectivity index (χ4v) is 4.47. The van der Waals surface area contributed by atoms with Gasteiger partial charge in [-0.15, -0.1) is 11.3 Å². The lowest BCUT2D eigenvalue weighted by Gasteiger charge is -2.42. The summed E-state index contributed by atoms with van der Waals surface area (Å²) >= 11 is 1.41. The summed E-state index contributed by atoms with van der Waals surface area (Å²) in [5.41, 5.74) is -0.904. The third-order valence-corrected chi connectivity index (χ3v) is 6.40. The van der Waals surface area contributed by atoms with Crippen molar-refractivity contribution in [3.05, 3.63) is 22.4 Å². The zero-order chi connectivity index (χ0) is 17.9. The molecular weight excluding hydrogens is 336 g/mol. The highest BCUT2D eigenvalue weighted by molar-refractivity contribution is 7.12. The Bertz CT molecular complexity index is 592. The summed E-state index contributed by atoms with van der Waals surface area (Å²) in [6.07, 6.45) is 6.33. The summed E-state index contributed by atoms with van der Waals surface area (Å²) in [5, 5.41) is 5.08. The van der Waals surface area contributed by atoms with Gasteiger partial charge in [0.05, 0.1) is 4.88 Å². The number of hydrogen-bond acceptors (Lipinski definition) is 4. The van der Waals surface area contributed by atoms with Crippen LogP contribution < -0.4 is 5.32 Å². The average molecular weight is 365 g/mol. The molecule has 138 valence electrons. The summed E-state index contributed by atoms with van der Waals surface area (Å²) < 4.78 is 5.83. The molecule has 0 aromatic carbocycles.